The van der Waals surface area contributed by atoms with Crippen molar-refractivity contribution >= 4 is 5.82 Å². The van der Waals surface area contributed by atoms with Gasteiger partial charge in [-0.3, -0.25) is 0 Å². The molecule has 5 nitrogen and oxygen atoms in total. The molecular formula is C14H23Ac2N5-2. The summed E-state index contributed by atoms with van der Waals surface area (Å²) in [5.74, 6) is 1.09. The van der Waals surface area contributed by atoms with Crippen molar-refractivity contribution in [3.05, 3.63) is 34.5 Å². The van der Waals surface area contributed by atoms with Crippen LogP contribution in [-0.2, 0) is 0 Å². The van der Waals surface area contributed by atoms with Gasteiger partial charge in [-0.2, -0.15) is 0 Å². The second-order valence-electron chi connectivity index (χ2n) is 4.72. The van der Waals surface area contributed by atoms with Gasteiger partial charge in [-0.15, -0.1) is 26.2 Å². The molecule has 0 spiro atoms. The molecule has 112 valence electrons. The van der Waals surface area contributed by atoms with E-state index in [-0.39, 0.29) is 88.1 Å². The quantitative estimate of drug-likeness (QED) is 0.481. The first-order valence-corrected chi connectivity index (χ1v) is 7.02. The maximum Gasteiger partial charge on any atom is 0.128 e. The van der Waals surface area contributed by atoms with Crippen LogP contribution in [0.1, 0.15) is 5.69 Å². The van der Waals surface area contributed by atoms with Gasteiger partial charge in [-0.1, -0.05) is 6.07 Å². The van der Waals surface area contributed by atoms with Crippen molar-refractivity contribution in [2.24, 2.45) is 0 Å². The van der Waals surface area contributed by atoms with Gasteiger partial charge in [-0.25, -0.2) is 4.98 Å². The van der Waals surface area contributed by atoms with Crippen LogP contribution in [0.5, 0.6) is 0 Å². The van der Waals surface area contributed by atoms with Gasteiger partial charge in [0, 0.05) is 107 Å². The van der Waals surface area contributed by atoms with Crippen LogP contribution in [-0.4, -0.2) is 57.3 Å². The fourth-order valence-electron chi connectivity index (χ4n) is 2.09. The van der Waals surface area contributed by atoms with Crippen LogP contribution in [0.2, 0.25) is 0 Å². The molecule has 2 fully saturated rings. The van der Waals surface area contributed by atoms with Gasteiger partial charge >= 0.3 is 0 Å². The van der Waals surface area contributed by atoms with Crippen LogP contribution in [0.15, 0.2) is 18.2 Å². The first-order chi connectivity index (χ1) is 9.36. The summed E-state index contributed by atoms with van der Waals surface area (Å²) >= 11 is 0. The first-order valence-electron chi connectivity index (χ1n) is 7.02. The van der Waals surface area contributed by atoms with Crippen LogP contribution in [0.4, 0.5) is 5.82 Å². The molecule has 21 heavy (non-hydrogen) atoms. The van der Waals surface area contributed by atoms with Crippen LogP contribution in [0.25, 0.3) is 10.6 Å². The SMILES string of the molecule is C1CNCC[N-]1.Cc1cccc(N2CC[N-]CC2)n1.[Ac].[Ac]. The molecular weight excluding hydrogens is 692 g/mol. The molecule has 0 atom stereocenters. The minimum atomic E-state index is 0. The molecule has 2 aliphatic heterocycles. The second kappa shape index (κ2) is 14.1. The van der Waals surface area contributed by atoms with E-state index in [0.717, 1.165) is 63.9 Å². The molecule has 0 saturated carbocycles. The largest absolute Gasteiger partial charge is 0.660 e. The predicted molar refractivity (Wildman–Crippen MR) is 80.2 cm³/mol. The van der Waals surface area contributed by atoms with Gasteiger partial charge in [0.2, 0.25) is 0 Å². The number of piperazine rings is 2. The zero-order valence-corrected chi connectivity index (χ0v) is 22.3. The number of pyridine rings is 1. The van der Waals surface area contributed by atoms with Gasteiger partial charge < -0.3 is 20.9 Å². The van der Waals surface area contributed by atoms with Crippen LogP contribution in [0.3, 0.4) is 0 Å². The van der Waals surface area contributed by atoms with Crippen molar-refractivity contribution in [3.63, 3.8) is 0 Å². The molecule has 2 aliphatic rings. The van der Waals surface area contributed by atoms with Crippen LogP contribution < -0.4 is 10.2 Å². The average molecular weight is 715 g/mol. The minimum Gasteiger partial charge on any atom is -0.660 e. The maximum absolute atomic E-state index is 4.48. The van der Waals surface area contributed by atoms with Gasteiger partial charge in [-0.05, 0) is 32.1 Å². The van der Waals surface area contributed by atoms with E-state index in [1.807, 2.05) is 13.0 Å². The molecule has 2 radical (unpaired) electrons. The molecule has 0 amide bonds. The Hall–Kier alpha value is 1.71. The van der Waals surface area contributed by atoms with Crippen molar-refractivity contribution in [1.82, 2.24) is 10.3 Å². The summed E-state index contributed by atoms with van der Waals surface area (Å²) in [6, 6.07) is 6.15. The van der Waals surface area contributed by atoms with Gasteiger partial charge in [0.25, 0.3) is 0 Å². The maximum atomic E-state index is 4.48. The number of hydrogen-bond donors (Lipinski definition) is 1. The third-order valence-corrected chi connectivity index (χ3v) is 3.15. The molecule has 0 aromatic carbocycles. The van der Waals surface area contributed by atoms with Crippen molar-refractivity contribution in [2.75, 3.05) is 57.3 Å². The summed E-state index contributed by atoms with van der Waals surface area (Å²) < 4.78 is 0. The zero-order chi connectivity index (χ0) is 13.3. The van der Waals surface area contributed by atoms with E-state index in [4.69, 9.17) is 0 Å². The van der Waals surface area contributed by atoms with E-state index in [9.17, 15) is 0 Å². The third-order valence-electron chi connectivity index (χ3n) is 3.15. The number of anilines is 1. The normalized spacial score (nSPS) is 17.7. The summed E-state index contributed by atoms with van der Waals surface area (Å²) in [4.78, 5) is 6.77. The number of nitrogens with one attached hydrogen (secondary N) is 1. The molecule has 0 bridgehead atoms. The van der Waals surface area contributed by atoms with Gasteiger partial charge in [0.1, 0.15) is 5.82 Å². The summed E-state index contributed by atoms with van der Waals surface area (Å²) in [6.07, 6.45) is 0. The first kappa shape index (κ1) is 22.7. The summed E-state index contributed by atoms with van der Waals surface area (Å²) in [7, 11) is 0. The Kier molecular flexibility index (Phi) is 15.2. The van der Waals surface area contributed by atoms with Crippen LogP contribution in [0, 0.1) is 95.0 Å². The molecule has 2 saturated heterocycles. The van der Waals surface area contributed by atoms with E-state index in [2.05, 4.69) is 38.0 Å². The van der Waals surface area contributed by atoms with E-state index >= 15 is 0 Å². The van der Waals surface area contributed by atoms with Crippen LogP contribution >= 0.6 is 0 Å². The van der Waals surface area contributed by atoms with Crippen molar-refractivity contribution < 1.29 is 88.1 Å². The fraction of sp³-hybridized carbons (Fsp3) is 0.643. The molecule has 1 aromatic heterocycles. The zero-order valence-electron chi connectivity index (χ0n) is 12.8. The van der Waals surface area contributed by atoms with Crippen molar-refractivity contribution in [1.29, 1.82) is 0 Å². The summed E-state index contributed by atoms with van der Waals surface area (Å²) in [6.45, 7) is 10.1. The molecule has 0 aliphatic carbocycles. The number of aromatic nitrogens is 1. The topological polar surface area (TPSA) is 56.4 Å². The standard InChI is InChI=1S/C10H14N3.C4H9N2.2Ac/c1-9-3-2-4-10(12-9)13-7-5-11-6-8-13;1-2-6-4-3-5-1;;/h2-4H,5-8H2,1H3;5H,1-4H2;;/q2*-1;;. The second-order valence-corrected chi connectivity index (χ2v) is 4.72. The Morgan fingerprint density at radius 3 is 2.10 bits per heavy atom. The van der Waals surface area contributed by atoms with Crippen molar-refractivity contribution in [3.8, 4) is 0 Å². The molecule has 3 rings (SSSR count). The summed E-state index contributed by atoms with van der Waals surface area (Å²) in [5.41, 5.74) is 1.08. The Morgan fingerprint density at radius 2 is 1.62 bits per heavy atom. The molecule has 1 N–H and O–H groups in total. The third kappa shape index (κ3) is 9.56. The minimum absolute atomic E-state index is 0. The molecule has 1 aromatic rings. The van der Waals surface area contributed by atoms with E-state index in [1.165, 1.54) is 0 Å². The van der Waals surface area contributed by atoms with E-state index in [0.29, 0.717) is 0 Å². The Bertz CT molecular complexity index is 357. The molecule has 3 heterocycles. The fourth-order valence-corrected chi connectivity index (χ4v) is 2.09. The molecule has 7 heteroatoms. The van der Waals surface area contributed by atoms with E-state index < -0.39 is 0 Å². The summed E-state index contributed by atoms with van der Waals surface area (Å²) in [5, 5.41) is 11.6. The number of rotatable bonds is 1. The Labute approximate surface area is 199 Å². The monoisotopic (exact) mass is 715 g/mol. The Morgan fingerprint density at radius 1 is 1.00 bits per heavy atom. The Balaban J connectivity index is 0.000000430. The average Bonchev–Trinajstić information content (AvgIpc) is 2.51. The van der Waals surface area contributed by atoms with E-state index in [1.54, 1.807) is 0 Å². The van der Waals surface area contributed by atoms with Gasteiger partial charge in [0.05, 0.1) is 0 Å². The number of nitrogens with zero attached hydrogens (tertiary/aromatic N) is 4. The van der Waals surface area contributed by atoms with Crippen molar-refractivity contribution in [2.45, 2.75) is 6.92 Å². The molecule has 0 unspecified atom stereocenters. The van der Waals surface area contributed by atoms with Gasteiger partial charge in [0.15, 0.2) is 0 Å². The number of aryl methyl sites for hydroxylation is 1. The predicted octanol–water partition coefficient (Wildman–Crippen LogP) is 1.55. The number of hydrogen-bond acceptors (Lipinski definition) is 3. The smallest absolute Gasteiger partial charge is 0.128 e.